The molecule has 0 saturated heterocycles. The molecule has 0 atom stereocenters. The van der Waals surface area contributed by atoms with Crippen molar-refractivity contribution >= 4 is 28.9 Å². The quantitative estimate of drug-likeness (QED) is 0.246. The van der Waals surface area contributed by atoms with Gasteiger partial charge in [-0.2, -0.15) is 0 Å². The van der Waals surface area contributed by atoms with Crippen molar-refractivity contribution in [3.05, 3.63) is 74.9 Å². The lowest BCUT2D eigenvalue weighted by atomic mass is 10.1. The van der Waals surface area contributed by atoms with Crippen molar-refractivity contribution in [3.63, 3.8) is 0 Å². The van der Waals surface area contributed by atoms with Crippen molar-refractivity contribution < 1.29 is 4.79 Å². The highest BCUT2D eigenvalue weighted by Crippen LogP contribution is 2.17. The normalized spacial score (nSPS) is 10.9. The molecule has 0 aliphatic carbocycles. The van der Waals surface area contributed by atoms with Crippen LogP contribution in [0, 0.1) is 0 Å². The number of rotatable bonds is 12. The zero-order chi connectivity index (χ0) is 20.3. The fourth-order valence-corrected chi connectivity index (χ4v) is 4.54. The number of thiophene rings is 1. The first-order chi connectivity index (χ1) is 14.2. The fraction of sp³-hybridized carbons (Fsp3) is 0.364. The van der Waals surface area contributed by atoms with Crippen molar-refractivity contribution in [3.8, 4) is 0 Å². The highest BCUT2D eigenvalue weighted by molar-refractivity contribution is 7.99. The van der Waals surface area contributed by atoms with E-state index in [4.69, 9.17) is 0 Å². The van der Waals surface area contributed by atoms with Crippen LogP contribution in [0.15, 0.2) is 57.9 Å². The van der Waals surface area contributed by atoms with Gasteiger partial charge < -0.3 is 4.98 Å². The zero-order valence-electron chi connectivity index (χ0n) is 16.3. The molecule has 0 aliphatic heterocycles. The molecule has 0 amide bonds. The van der Waals surface area contributed by atoms with E-state index in [-0.39, 0.29) is 11.3 Å². The molecule has 0 unspecified atom stereocenters. The van der Waals surface area contributed by atoms with Gasteiger partial charge in [-0.15, -0.1) is 23.1 Å². The van der Waals surface area contributed by atoms with Crippen LogP contribution in [-0.4, -0.2) is 26.5 Å². The lowest BCUT2D eigenvalue weighted by Crippen LogP contribution is -2.13. The van der Waals surface area contributed by atoms with Crippen LogP contribution in [-0.2, 0) is 6.42 Å². The van der Waals surface area contributed by atoms with Gasteiger partial charge in [0.15, 0.2) is 5.78 Å². The Labute approximate surface area is 179 Å². The maximum Gasteiger partial charge on any atom is 0.264 e. The average molecular weight is 428 g/mol. The summed E-state index contributed by atoms with van der Waals surface area (Å²) in [6, 6.07) is 7.66. The summed E-state index contributed by atoms with van der Waals surface area (Å²) in [5, 5.41) is 1.94. The van der Waals surface area contributed by atoms with Gasteiger partial charge in [-0.1, -0.05) is 31.4 Å². The van der Waals surface area contributed by atoms with Gasteiger partial charge in [0.1, 0.15) is 5.82 Å². The summed E-state index contributed by atoms with van der Waals surface area (Å²) in [7, 11) is 0. The molecule has 3 aromatic heterocycles. The van der Waals surface area contributed by atoms with E-state index in [2.05, 4.69) is 15.0 Å². The van der Waals surface area contributed by atoms with E-state index in [0.717, 1.165) is 48.3 Å². The molecule has 0 bridgehead atoms. The standard InChI is InChI=1S/C22H25N3O2S2/c26-18(19-10-7-13-28-19)9-4-2-1-3-5-12-29-20-16-24-21(25-22(20)27)14-17-8-6-11-23-15-17/h6-8,10-11,13,15-16H,1-5,9,12,14H2,(H,24,25,27). The number of ketones is 1. The number of hydrogen-bond donors (Lipinski definition) is 1. The zero-order valence-corrected chi connectivity index (χ0v) is 17.9. The van der Waals surface area contributed by atoms with E-state index in [1.54, 1.807) is 30.4 Å². The minimum absolute atomic E-state index is 0.0732. The molecular formula is C22H25N3O2S2. The molecule has 0 radical (unpaired) electrons. The summed E-state index contributed by atoms with van der Waals surface area (Å²) >= 11 is 3.08. The molecule has 0 aliphatic rings. The maximum atomic E-state index is 12.2. The largest absolute Gasteiger partial charge is 0.309 e. The fourth-order valence-electron chi connectivity index (χ4n) is 2.97. The summed E-state index contributed by atoms with van der Waals surface area (Å²) in [4.78, 5) is 37.0. The minimum Gasteiger partial charge on any atom is -0.309 e. The first kappa shape index (κ1) is 21.5. The van der Waals surface area contributed by atoms with E-state index in [0.29, 0.717) is 23.6 Å². The topological polar surface area (TPSA) is 75.7 Å². The number of aromatic nitrogens is 3. The molecule has 3 rings (SSSR count). The molecule has 0 fully saturated rings. The predicted octanol–water partition coefficient (Wildman–Crippen LogP) is 5.13. The molecule has 3 heterocycles. The number of nitrogens with zero attached hydrogens (tertiary/aromatic N) is 2. The molecule has 0 saturated carbocycles. The number of H-pyrrole nitrogens is 1. The number of unbranched alkanes of at least 4 members (excludes halogenated alkanes) is 4. The summed E-state index contributed by atoms with van der Waals surface area (Å²) in [6.45, 7) is 0. The lowest BCUT2D eigenvalue weighted by Gasteiger charge is -2.04. The van der Waals surface area contributed by atoms with Crippen LogP contribution in [0.25, 0.3) is 0 Å². The highest BCUT2D eigenvalue weighted by Gasteiger charge is 2.06. The van der Waals surface area contributed by atoms with Gasteiger partial charge in [0, 0.05) is 31.4 Å². The number of nitrogens with one attached hydrogen (secondary N) is 1. The predicted molar refractivity (Wildman–Crippen MR) is 119 cm³/mol. The number of thioether (sulfide) groups is 1. The number of pyridine rings is 1. The summed E-state index contributed by atoms with van der Waals surface area (Å²) < 4.78 is 0. The Morgan fingerprint density at radius 2 is 1.93 bits per heavy atom. The molecule has 0 aromatic carbocycles. The van der Waals surface area contributed by atoms with Crippen LogP contribution in [0.3, 0.4) is 0 Å². The van der Waals surface area contributed by atoms with Crippen LogP contribution in [0.4, 0.5) is 0 Å². The van der Waals surface area contributed by atoms with Crippen LogP contribution in [0.5, 0.6) is 0 Å². The van der Waals surface area contributed by atoms with Crippen LogP contribution in [0.1, 0.15) is 59.6 Å². The third-order valence-electron chi connectivity index (χ3n) is 4.52. The van der Waals surface area contributed by atoms with E-state index in [1.807, 2.05) is 29.6 Å². The number of aromatic amines is 1. The Morgan fingerprint density at radius 1 is 1.07 bits per heavy atom. The number of hydrogen-bond acceptors (Lipinski definition) is 6. The first-order valence-corrected chi connectivity index (χ1v) is 11.8. The molecule has 7 heteroatoms. The van der Waals surface area contributed by atoms with Crippen molar-refractivity contribution in [1.82, 2.24) is 15.0 Å². The third-order valence-corrected chi connectivity index (χ3v) is 6.52. The Bertz CT molecular complexity index is 940. The van der Waals surface area contributed by atoms with Crippen LogP contribution in [0.2, 0.25) is 0 Å². The average Bonchev–Trinajstić information content (AvgIpc) is 3.27. The second-order valence-electron chi connectivity index (χ2n) is 6.83. The molecule has 152 valence electrons. The lowest BCUT2D eigenvalue weighted by molar-refractivity contribution is 0.0983. The van der Waals surface area contributed by atoms with E-state index >= 15 is 0 Å². The van der Waals surface area contributed by atoms with E-state index < -0.39 is 0 Å². The van der Waals surface area contributed by atoms with Crippen molar-refractivity contribution in [2.45, 2.75) is 49.8 Å². The molecule has 1 N–H and O–H groups in total. The molecule has 5 nitrogen and oxygen atoms in total. The van der Waals surface area contributed by atoms with Crippen molar-refractivity contribution in [2.24, 2.45) is 0 Å². The van der Waals surface area contributed by atoms with Gasteiger partial charge in [-0.25, -0.2) is 4.98 Å². The Hall–Kier alpha value is -2.25. The van der Waals surface area contributed by atoms with Gasteiger partial charge in [0.05, 0.1) is 9.77 Å². The summed E-state index contributed by atoms with van der Waals surface area (Å²) in [5.74, 6) is 1.82. The van der Waals surface area contributed by atoms with Gasteiger partial charge in [0.2, 0.25) is 0 Å². The monoisotopic (exact) mass is 427 g/mol. The Morgan fingerprint density at radius 3 is 2.69 bits per heavy atom. The summed E-state index contributed by atoms with van der Waals surface area (Å²) in [6.07, 6.45) is 11.7. The SMILES string of the molecule is O=C(CCCCCCCSc1cnc(Cc2cccnc2)[nH]c1=O)c1cccs1. The molecule has 29 heavy (non-hydrogen) atoms. The van der Waals surface area contributed by atoms with Gasteiger partial charge in [-0.05, 0) is 41.7 Å². The molecule has 0 spiro atoms. The molecular weight excluding hydrogens is 402 g/mol. The van der Waals surface area contributed by atoms with Crippen molar-refractivity contribution in [2.75, 3.05) is 5.75 Å². The highest BCUT2D eigenvalue weighted by atomic mass is 32.2. The Balaban J connectivity index is 1.29. The number of carbonyl (C=O) groups is 1. The smallest absolute Gasteiger partial charge is 0.264 e. The second-order valence-corrected chi connectivity index (χ2v) is 8.91. The Kier molecular flexibility index (Phi) is 8.64. The third kappa shape index (κ3) is 7.25. The second kappa shape index (κ2) is 11.7. The first-order valence-electron chi connectivity index (χ1n) is 9.89. The summed E-state index contributed by atoms with van der Waals surface area (Å²) in [5.41, 5.74) is 0.948. The number of Topliss-reactive ketones (excluding diaryl/α,β-unsaturated/α-hetero) is 1. The minimum atomic E-state index is -0.0732. The van der Waals surface area contributed by atoms with Gasteiger partial charge in [0.25, 0.3) is 5.56 Å². The number of carbonyl (C=O) groups excluding carboxylic acids is 1. The van der Waals surface area contributed by atoms with Crippen molar-refractivity contribution in [1.29, 1.82) is 0 Å². The van der Waals surface area contributed by atoms with Crippen LogP contribution < -0.4 is 5.56 Å². The van der Waals surface area contributed by atoms with Crippen LogP contribution >= 0.6 is 23.1 Å². The van der Waals surface area contributed by atoms with E-state index in [1.165, 1.54) is 11.3 Å². The molecule has 3 aromatic rings. The van der Waals surface area contributed by atoms with Gasteiger partial charge >= 0.3 is 0 Å². The van der Waals surface area contributed by atoms with Gasteiger partial charge in [-0.3, -0.25) is 14.6 Å². The van der Waals surface area contributed by atoms with E-state index in [9.17, 15) is 9.59 Å². The maximum absolute atomic E-state index is 12.2.